The van der Waals surface area contributed by atoms with E-state index in [2.05, 4.69) is 34.8 Å². The minimum Gasteiger partial charge on any atom is -0.334 e. The molecular weight excluding hydrogens is 444 g/mol. The highest BCUT2D eigenvalue weighted by Gasteiger charge is 2.34. The first-order valence-corrected chi connectivity index (χ1v) is 15.1. The van der Waals surface area contributed by atoms with Gasteiger partial charge in [-0.05, 0) is 82.5 Å². The van der Waals surface area contributed by atoms with Crippen molar-refractivity contribution in [1.29, 1.82) is 0 Å². The predicted octanol–water partition coefficient (Wildman–Crippen LogP) is 4.15. The summed E-state index contributed by atoms with van der Waals surface area (Å²) >= 11 is 0. The SMILES string of the molecule is CCC1CC(N2CCC(C3CCc4nc(-c5ccc(S(C)(=O)=O)cc5)cn4C3)CC2)CC(C)N1. The van der Waals surface area contributed by atoms with Crippen molar-refractivity contribution in [2.24, 2.45) is 11.8 Å². The fraction of sp³-hybridized carbons (Fsp3) is 0.667. The van der Waals surface area contributed by atoms with E-state index in [0.717, 1.165) is 42.1 Å². The van der Waals surface area contributed by atoms with E-state index in [4.69, 9.17) is 4.98 Å². The van der Waals surface area contributed by atoms with Gasteiger partial charge >= 0.3 is 0 Å². The van der Waals surface area contributed by atoms with Crippen molar-refractivity contribution in [2.75, 3.05) is 19.3 Å². The third-order valence-electron chi connectivity index (χ3n) is 8.56. The molecule has 0 amide bonds. The summed E-state index contributed by atoms with van der Waals surface area (Å²) in [6.07, 6.45) is 12.2. The molecule has 6 nitrogen and oxygen atoms in total. The lowest BCUT2D eigenvalue weighted by atomic mass is 9.79. The number of aromatic nitrogens is 2. The van der Waals surface area contributed by atoms with E-state index in [1.807, 2.05) is 12.1 Å². The molecule has 3 aliphatic heterocycles. The maximum Gasteiger partial charge on any atom is 0.175 e. The van der Waals surface area contributed by atoms with Gasteiger partial charge in [-0.1, -0.05) is 19.1 Å². The maximum atomic E-state index is 11.8. The highest BCUT2D eigenvalue weighted by Crippen LogP contribution is 2.35. The lowest BCUT2D eigenvalue weighted by Gasteiger charge is -2.45. The van der Waals surface area contributed by atoms with Gasteiger partial charge in [0.25, 0.3) is 0 Å². The molecule has 2 saturated heterocycles. The van der Waals surface area contributed by atoms with Crippen LogP contribution in [0.3, 0.4) is 0 Å². The lowest BCUT2D eigenvalue weighted by Crippen LogP contribution is -2.53. The molecule has 4 atom stereocenters. The van der Waals surface area contributed by atoms with Gasteiger partial charge in [-0.2, -0.15) is 0 Å². The van der Waals surface area contributed by atoms with E-state index in [1.54, 1.807) is 12.1 Å². The molecule has 1 N–H and O–H groups in total. The Bertz CT molecular complexity index is 1090. The van der Waals surface area contributed by atoms with Gasteiger partial charge in [-0.15, -0.1) is 0 Å². The molecule has 2 fully saturated rings. The summed E-state index contributed by atoms with van der Waals surface area (Å²) < 4.78 is 25.9. The molecule has 0 radical (unpaired) electrons. The van der Waals surface area contributed by atoms with Crippen LogP contribution in [-0.2, 0) is 22.8 Å². The van der Waals surface area contributed by atoms with Gasteiger partial charge < -0.3 is 14.8 Å². The van der Waals surface area contributed by atoms with E-state index in [0.29, 0.717) is 17.0 Å². The molecule has 34 heavy (non-hydrogen) atoms. The predicted molar refractivity (Wildman–Crippen MR) is 137 cm³/mol. The number of hydrogen-bond acceptors (Lipinski definition) is 5. The number of likely N-dealkylation sites (tertiary alicyclic amines) is 1. The molecule has 5 rings (SSSR count). The Morgan fingerprint density at radius 2 is 1.79 bits per heavy atom. The number of hydrogen-bond donors (Lipinski definition) is 1. The lowest BCUT2D eigenvalue weighted by molar-refractivity contribution is 0.0651. The van der Waals surface area contributed by atoms with Crippen LogP contribution in [0, 0.1) is 11.8 Å². The van der Waals surface area contributed by atoms with Crippen LogP contribution >= 0.6 is 0 Å². The number of piperidine rings is 2. The second-order valence-electron chi connectivity index (χ2n) is 11.0. The highest BCUT2D eigenvalue weighted by molar-refractivity contribution is 7.90. The zero-order chi connectivity index (χ0) is 23.9. The number of benzene rings is 1. The van der Waals surface area contributed by atoms with E-state index >= 15 is 0 Å². The van der Waals surface area contributed by atoms with Crippen molar-refractivity contribution >= 4 is 9.84 Å². The minimum absolute atomic E-state index is 0.357. The van der Waals surface area contributed by atoms with Gasteiger partial charge in [-0.25, -0.2) is 13.4 Å². The molecule has 0 saturated carbocycles. The van der Waals surface area contributed by atoms with Crippen molar-refractivity contribution in [3.05, 3.63) is 36.3 Å². The number of imidazole rings is 1. The average Bonchev–Trinajstić information content (AvgIpc) is 3.27. The number of sulfone groups is 1. The van der Waals surface area contributed by atoms with Crippen LogP contribution in [0.15, 0.2) is 35.4 Å². The van der Waals surface area contributed by atoms with Crippen LogP contribution in [0.2, 0.25) is 0 Å². The number of rotatable bonds is 5. The third kappa shape index (κ3) is 5.12. The monoisotopic (exact) mass is 484 g/mol. The van der Waals surface area contributed by atoms with Gasteiger partial charge in [0.1, 0.15) is 5.82 Å². The topological polar surface area (TPSA) is 67.2 Å². The van der Waals surface area contributed by atoms with Crippen LogP contribution in [-0.4, -0.2) is 60.3 Å². The number of fused-ring (bicyclic) bond motifs is 1. The molecule has 3 aliphatic rings. The summed E-state index contributed by atoms with van der Waals surface area (Å²) in [6.45, 7) is 8.23. The van der Waals surface area contributed by atoms with Gasteiger partial charge in [-0.3, -0.25) is 0 Å². The number of nitrogens with zero attached hydrogens (tertiary/aromatic N) is 3. The molecule has 4 unspecified atom stereocenters. The smallest absolute Gasteiger partial charge is 0.175 e. The molecule has 1 aromatic heterocycles. The fourth-order valence-electron chi connectivity index (χ4n) is 6.58. The van der Waals surface area contributed by atoms with Crippen molar-refractivity contribution in [3.8, 4) is 11.3 Å². The normalized spacial score (nSPS) is 29.1. The molecule has 186 valence electrons. The van der Waals surface area contributed by atoms with Crippen LogP contribution in [0.5, 0.6) is 0 Å². The minimum atomic E-state index is -3.17. The quantitative estimate of drug-likeness (QED) is 0.691. The van der Waals surface area contributed by atoms with Crippen LogP contribution in [0.1, 0.15) is 58.2 Å². The Morgan fingerprint density at radius 1 is 1.06 bits per heavy atom. The van der Waals surface area contributed by atoms with E-state index in [9.17, 15) is 8.42 Å². The summed E-state index contributed by atoms with van der Waals surface area (Å²) in [4.78, 5) is 8.04. The molecule has 7 heteroatoms. The first-order chi connectivity index (χ1) is 16.3. The highest BCUT2D eigenvalue weighted by atomic mass is 32.2. The third-order valence-corrected chi connectivity index (χ3v) is 9.69. The first-order valence-electron chi connectivity index (χ1n) is 13.2. The Kier molecular flexibility index (Phi) is 6.88. The van der Waals surface area contributed by atoms with Crippen LogP contribution in [0.25, 0.3) is 11.3 Å². The summed E-state index contributed by atoms with van der Waals surface area (Å²) in [5, 5.41) is 3.77. The first kappa shape index (κ1) is 24.0. The van der Waals surface area contributed by atoms with Crippen LogP contribution < -0.4 is 5.32 Å². The second-order valence-corrected chi connectivity index (χ2v) is 13.0. The summed E-state index contributed by atoms with van der Waals surface area (Å²) in [7, 11) is -3.17. The van der Waals surface area contributed by atoms with Gasteiger partial charge in [0.2, 0.25) is 0 Å². The zero-order valence-electron chi connectivity index (χ0n) is 20.9. The summed E-state index contributed by atoms with van der Waals surface area (Å²) in [6, 6.07) is 9.20. The molecule has 2 aromatic rings. The molecule has 0 bridgehead atoms. The van der Waals surface area contributed by atoms with Gasteiger partial charge in [0, 0.05) is 49.1 Å². The summed E-state index contributed by atoms with van der Waals surface area (Å²) in [5.41, 5.74) is 1.94. The van der Waals surface area contributed by atoms with E-state index < -0.39 is 9.84 Å². The van der Waals surface area contributed by atoms with Crippen molar-refractivity contribution in [3.63, 3.8) is 0 Å². The molecule has 1 aromatic carbocycles. The Hall–Kier alpha value is -1.70. The van der Waals surface area contributed by atoms with Crippen molar-refractivity contribution < 1.29 is 8.42 Å². The molecular formula is C27H40N4O2S. The Balaban J connectivity index is 1.19. The molecule has 0 spiro atoms. The summed E-state index contributed by atoms with van der Waals surface area (Å²) in [5.74, 6) is 2.72. The van der Waals surface area contributed by atoms with Crippen molar-refractivity contribution in [1.82, 2.24) is 19.8 Å². The largest absolute Gasteiger partial charge is 0.334 e. The number of nitrogens with one attached hydrogen (secondary N) is 1. The number of aryl methyl sites for hydroxylation is 1. The average molecular weight is 485 g/mol. The molecule has 0 aliphatic carbocycles. The standard InChI is InChI=1S/C27H40N4O2S/c1-4-23-16-24(15-19(2)28-23)30-13-11-20(12-14-30)22-7-10-27-29-26(18-31(27)17-22)21-5-8-25(9-6-21)34(3,32)33/h5-6,8-9,18-20,22-24,28H,4,7,10-17H2,1-3H3. The van der Waals surface area contributed by atoms with E-state index in [1.165, 1.54) is 63.7 Å². The second kappa shape index (κ2) is 9.75. The van der Waals surface area contributed by atoms with Gasteiger partial charge in [0.15, 0.2) is 9.84 Å². The fourth-order valence-corrected chi connectivity index (χ4v) is 7.21. The zero-order valence-corrected chi connectivity index (χ0v) is 21.7. The molecule has 4 heterocycles. The van der Waals surface area contributed by atoms with Crippen molar-refractivity contribution in [2.45, 2.75) is 88.4 Å². The Labute approximate surface area is 205 Å². The maximum absolute atomic E-state index is 11.8. The van der Waals surface area contributed by atoms with E-state index in [-0.39, 0.29) is 0 Å². The van der Waals surface area contributed by atoms with Gasteiger partial charge in [0.05, 0.1) is 10.6 Å². The Morgan fingerprint density at radius 3 is 2.47 bits per heavy atom. The van der Waals surface area contributed by atoms with Crippen LogP contribution in [0.4, 0.5) is 0 Å².